The molecule has 104 valence electrons. The number of para-hydroxylation sites is 1. The van der Waals surface area contributed by atoms with E-state index in [9.17, 15) is 9.90 Å². The first-order valence-corrected chi connectivity index (χ1v) is 6.64. The van der Waals surface area contributed by atoms with Gasteiger partial charge in [0.2, 0.25) is 0 Å². The summed E-state index contributed by atoms with van der Waals surface area (Å²) in [5.41, 5.74) is 2.01. The Balaban J connectivity index is 1.74. The fourth-order valence-corrected chi connectivity index (χ4v) is 2.13. The van der Waals surface area contributed by atoms with Crippen molar-refractivity contribution in [2.75, 3.05) is 0 Å². The lowest BCUT2D eigenvalue weighted by Gasteiger charge is -2.06. The van der Waals surface area contributed by atoms with Crippen LogP contribution in [0.3, 0.4) is 0 Å². The van der Waals surface area contributed by atoms with Gasteiger partial charge in [-0.1, -0.05) is 36.4 Å². The smallest absolute Gasteiger partial charge is 0.270 e. The van der Waals surface area contributed by atoms with Crippen LogP contribution in [-0.2, 0) is 6.54 Å². The molecule has 1 heterocycles. The molecule has 2 aromatic carbocycles. The Bertz CT molecular complexity index is 799. The van der Waals surface area contributed by atoms with Crippen LogP contribution in [0.15, 0.2) is 60.7 Å². The molecule has 0 fully saturated rings. The van der Waals surface area contributed by atoms with Gasteiger partial charge >= 0.3 is 0 Å². The molecule has 0 aliphatic rings. The van der Waals surface area contributed by atoms with E-state index < -0.39 is 0 Å². The number of amides is 1. The Kier molecular flexibility index (Phi) is 3.51. The lowest BCUT2D eigenvalue weighted by atomic mass is 10.2. The molecular weight excluding hydrogens is 264 g/mol. The molecule has 0 saturated heterocycles. The van der Waals surface area contributed by atoms with E-state index in [1.165, 1.54) is 0 Å². The molecule has 0 unspecified atom stereocenters. The molecule has 0 atom stereocenters. The number of pyridine rings is 1. The SMILES string of the molecule is O=C(NCc1cccc(O)c1)c1ccc2ccccc2n1. The number of benzene rings is 2. The van der Waals surface area contributed by atoms with Crippen molar-refractivity contribution in [3.8, 4) is 5.75 Å². The van der Waals surface area contributed by atoms with E-state index in [4.69, 9.17) is 0 Å². The quantitative estimate of drug-likeness (QED) is 0.774. The number of nitrogens with one attached hydrogen (secondary N) is 1. The van der Waals surface area contributed by atoms with Crippen molar-refractivity contribution in [2.45, 2.75) is 6.54 Å². The van der Waals surface area contributed by atoms with Gasteiger partial charge in [-0.25, -0.2) is 4.98 Å². The molecule has 4 nitrogen and oxygen atoms in total. The average Bonchev–Trinajstić information content (AvgIpc) is 2.52. The molecule has 0 saturated carbocycles. The number of phenols is 1. The van der Waals surface area contributed by atoms with Gasteiger partial charge in [0, 0.05) is 11.9 Å². The van der Waals surface area contributed by atoms with Crippen molar-refractivity contribution in [2.24, 2.45) is 0 Å². The van der Waals surface area contributed by atoms with Crippen LogP contribution in [0, 0.1) is 0 Å². The Morgan fingerprint density at radius 1 is 1.05 bits per heavy atom. The van der Waals surface area contributed by atoms with Crippen molar-refractivity contribution < 1.29 is 9.90 Å². The number of fused-ring (bicyclic) bond motifs is 1. The summed E-state index contributed by atoms with van der Waals surface area (Å²) in [6.07, 6.45) is 0. The second-order valence-electron chi connectivity index (χ2n) is 4.74. The summed E-state index contributed by atoms with van der Waals surface area (Å²) in [6, 6.07) is 18.0. The first-order valence-electron chi connectivity index (χ1n) is 6.64. The van der Waals surface area contributed by atoms with Crippen LogP contribution < -0.4 is 5.32 Å². The molecule has 21 heavy (non-hydrogen) atoms. The summed E-state index contributed by atoms with van der Waals surface area (Å²) in [5.74, 6) is -0.0466. The van der Waals surface area contributed by atoms with E-state index in [1.807, 2.05) is 36.4 Å². The van der Waals surface area contributed by atoms with Crippen LogP contribution in [0.2, 0.25) is 0 Å². The standard InChI is InChI=1S/C17H14N2O2/c20-14-6-3-4-12(10-14)11-18-17(21)16-9-8-13-5-1-2-7-15(13)19-16/h1-10,20H,11H2,(H,18,21). The zero-order valence-corrected chi connectivity index (χ0v) is 11.3. The highest BCUT2D eigenvalue weighted by atomic mass is 16.3. The fourth-order valence-electron chi connectivity index (χ4n) is 2.13. The van der Waals surface area contributed by atoms with E-state index in [0.717, 1.165) is 16.5 Å². The van der Waals surface area contributed by atoms with Gasteiger partial charge < -0.3 is 10.4 Å². The number of nitrogens with zero attached hydrogens (tertiary/aromatic N) is 1. The van der Waals surface area contributed by atoms with Crippen molar-refractivity contribution in [1.29, 1.82) is 0 Å². The number of aromatic nitrogens is 1. The zero-order valence-electron chi connectivity index (χ0n) is 11.3. The number of carbonyl (C=O) groups excluding carboxylic acids is 1. The summed E-state index contributed by atoms with van der Waals surface area (Å²) in [7, 11) is 0. The highest BCUT2D eigenvalue weighted by Crippen LogP contribution is 2.13. The van der Waals surface area contributed by atoms with Gasteiger partial charge in [0.25, 0.3) is 5.91 Å². The average molecular weight is 278 g/mol. The molecule has 1 amide bonds. The highest BCUT2D eigenvalue weighted by Gasteiger charge is 2.07. The summed E-state index contributed by atoms with van der Waals surface area (Å²) in [4.78, 5) is 16.5. The van der Waals surface area contributed by atoms with Crippen molar-refractivity contribution in [3.63, 3.8) is 0 Å². The van der Waals surface area contributed by atoms with Crippen LogP contribution in [0.4, 0.5) is 0 Å². The van der Waals surface area contributed by atoms with Crippen molar-refractivity contribution >= 4 is 16.8 Å². The van der Waals surface area contributed by atoms with Crippen molar-refractivity contribution in [3.05, 3.63) is 71.9 Å². The van der Waals surface area contributed by atoms with Gasteiger partial charge in [-0.3, -0.25) is 4.79 Å². The van der Waals surface area contributed by atoms with E-state index >= 15 is 0 Å². The highest BCUT2D eigenvalue weighted by molar-refractivity contribution is 5.94. The Hall–Kier alpha value is -2.88. The summed E-state index contributed by atoms with van der Waals surface area (Å²) >= 11 is 0. The minimum absolute atomic E-state index is 0.186. The third kappa shape index (κ3) is 3.00. The lowest BCUT2D eigenvalue weighted by Crippen LogP contribution is -2.23. The van der Waals surface area contributed by atoms with Crippen LogP contribution in [0.5, 0.6) is 5.75 Å². The van der Waals surface area contributed by atoms with E-state index in [1.54, 1.807) is 24.3 Å². The van der Waals surface area contributed by atoms with Gasteiger partial charge in [-0.2, -0.15) is 0 Å². The number of aromatic hydroxyl groups is 1. The minimum atomic E-state index is -0.232. The number of carbonyl (C=O) groups is 1. The molecule has 3 aromatic rings. The molecule has 3 rings (SSSR count). The number of phenolic OH excluding ortho intramolecular Hbond substituents is 1. The molecular formula is C17H14N2O2. The second-order valence-corrected chi connectivity index (χ2v) is 4.74. The van der Waals surface area contributed by atoms with E-state index in [0.29, 0.717) is 12.2 Å². The third-order valence-electron chi connectivity index (χ3n) is 3.19. The summed E-state index contributed by atoms with van der Waals surface area (Å²) in [5, 5.41) is 13.2. The predicted molar refractivity (Wildman–Crippen MR) is 81.0 cm³/mol. The topological polar surface area (TPSA) is 62.2 Å². The number of hydrogen-bond donors (Lipinski definition) is 2. The van der Waals surface area contributed by atoms with Crippen LogP contribution in [-0.4, -0.2) is 16.0 Å². The number of rotatable bonds is 3. The maximum Gasteiger partial charge on any atom is 0.270 e. The molecule has 0 spiro atoms. The first-order chi connectivity index (χ1) is 10.2. The van der Waals surface area contributed by atoms with Gasteiger partial charge in [0.1, 0.15) is 11.4 Å². The van der Waals surface area contributed by atoms with Crippen molar-refractivity contribution in [1.82, 2.24) is 10.3 Å². The molecule has 0 aliphatic heterocycles. The van der Waals surface area contributed by atoms with Crippen LogP contribution >= 0.6 is 0 Å². The summed E-state index contributed by atoms with van der Waals surface area (Å²) < 4.78 is 0. The monoisotopic (exact) mass is 278 g/mol. The van der Waals surface area contributed by atoms with Gasteiger partial charge in [-0.15, -0.1) is 0 Å². The summed E-state index contributed by atoms with van der Waals surface area (Å²) in [6.45, 7) is 0.349. The predicted octanol–water partition coefficient (Wildman–Crippen LogP) is 2.87. The van der Waals surface area contributed by atoms with E-state index in [2.05, 4.69) is 10.3 Å². The molecule has 0 bridgehead atoms. The van der Waals surface area contributed by atoms with Gasteiger partial charge in [0.05, 0.1) is 5.52 Å². The molecule has 4 heteroatoms. The third-order valence-corrected chi connectivity index (χ3v) is 3.19. The maximum absolute atomic E-state index is 12.1. The minimum Gasteiger partial charge on any atom is -0.508 e. The zero-order chi connectivity index (χ0) is 14.7. The second kappa shape index (κ2) is 5.63. The Morgan fingerprint density at radius 2 is 1.90 bits per heavy atom. The number of hydrogen-bond acceptors (Lipinski definition) is 3. The van der Waals surface area contributed by atoms with Gasteiger partial charge in [0.15, 0.2) is 0 Å². The van der Waals surface area contributed by atoms with Crippen LogP contribution in [0.1, 0.15) is 16.1 Å². The molecule has 1 aromatic heterocycles. The largest absolute Gasteiger partial charge is 0.508 e. The first kappa shape index (κ1) is 13.1. The molecule has 2 N–H and O–H groups in total. The fraction of sp³-hybridized carbons (Fsp3) is 0.0588. The van der Waals surface area contributed by atoms with Crippen LogP contribution in [0.25, 0.3) is 10.9 Å². The lowest BCUT2D eigenvalue weighted by molar-refractivity contribution is 0.0946. The molecule has 0 aliphatic carbocycles. The Morgan fingerprint density at radius 3 is 2.76 bits per heavy atom. The normalized spacial score (nSPS) is 10.5. The maximum atomic E-state index is 12.1. The van der Waals surface area contributed by atoms with Gasteiger partial charge in [-0.05, 0) is 29.8 Å². The van der Waals surface area contributed by atoms with E-state index in [-0.39, 0.29) is 11.7 Å². The Labute approximate surface area is 122 Å². The molecule has 0 radical (unpaired) electrons.